The van der Waals surface area contributed by atoms with Gasteiger partial charge in [-0.05, 0) is 23.2 Å². The molecule has 0 aromatic heterocycles. The summed E-state index contributed by atoms with van der Waals surface area (Å²) in [4.78, 5) is 16.1. The van der Waals surface area contributed by atoms with Crippen molar-refractivity contribution in [2.75, 3.05) is 11.4 Å². The van der Waals surface area contributed by atoms with Gasteiger partial charge in [-0.25, -0.2) is 0 Å². The Labute approximate surface area is 128 Å². The van der Waals surface area contributed by atoms with Crippen LogP contribution in [-0.4, -0.2) is 18.5 Å². The Hall–Kier alpha value is -2.98. The van der Waals surface area contributed by atoms with E-state index in [-0.39, 0.29) is 6.54 Å². The van der Waals surface area contributed by atoms with E-state index < -0.39 is 11.9 Å². The summed E-state index contributed by atoms with van der Waals surface area (Å²) in [5.74, 6) is -0.633. The Morgan fingerprint density at radius 1 is 1.14 bits per heavy atom. The number of carbonyl (C=O) groups is 1. The predicted octanol–water partition coefficient (Wildman–Crippen LogP) is 2.86. The molecule has 0 aliphatic heterocycles. The summed E-state index contributed by atoms with van der Waals surface area (Å²) in [6, 6.07) is 18.6. The molecule has 22 heavy (non-hydrogen) atoms. The minimum atomic E-state index is -0.908. The van der Waals surface area contributed by atoms with Gasteiger partial charge in [0.25, 0.3) is 0 Å². The number of carbonyl (C=O) groups excluding carboxylic acids is 1. The fraction of sp³-hybridized carbons (Fsp3) is 0.188. The predicted molar refractivity (Wildman–Crippen MR) is 86.1 cm³/mol. The molecular formula is C16H17N5O. The minimum Gasteiger partial charge on any atom is -0.369 e. The number of para-hydroxylation sites is 1. The minimum absolute atomic E-state index is 0.234. The van der Waals surface area contributed by atoms with Crippen LogP contribution < -0.4 is 10.6 Å². The zero-order valence-electron chi connectivity index (χ0n) is 12.0. The number of amides is 1. The number of hydrogen-bond acceptors (Lipinski definition) is 3. The molecule has 0 saturated carbocycles. The highest BCUT2D eigenvalue weighted by Crippen LogP contribution is 2.18. The van der Waals surface area contributed by atoms with Gasteiger partial charge >= 0.3 is 0 Å². The average molecular weight is 295 g/mol. The lowest BCUT2D eigenvalue weighted by molar-refractivity contribution is -0.119. The number of nitrogens with two attached hydrogens (primary N) is 1. The lowest BCUT2D eigenvalue weighted by atomic mass is 10.1. The molecule has 0 bridgehead atoms. The molecule has 2 rings (SSSR count). The molecule has 1 amide bonds. The maximum Gasteiger partial charge on any atom is 0.228 e. The molecule has 0 unspecified atom stereocenters. The highest BCUT2D eigenvalue weighted by Gasteiger charge is 2.18. The van der Waals surface area contributed by atoms with E-state index in [1.807, 2.05) is 65.6 Å². The molecule has 0 fully saturated rings. The first-order chi connectivity index (χ1) is 10.7. The van der Waals surface area contributed by atoms with E-state index in [9.17, 15) is 4.79 Å². The van der Waals surface area contributed by atoms with Gasteiger partial charge in [-0.1, -0.05) is 53.6 Å². The molecule has 0 heterocycles. The van der Waals surface area contributed by atoms with Crippen molar-refractivity contribution in [3.05, 3.63) is 76.7 Å². The lowest BCUT2D eigenvalue weighted by Crippen LogP contribution is -2.38. The quantitative estimate of drug-likeness (QED) is 0.483. The highest BCUT2D eigenvalue weighted by atomic mass is 16.1. The van der Waals surface area contributed by atoms with Gasteiger partial charge in [0.2, 0.25) is 5.91 Å². The second-order valence-corrected chi connectivity index (χ2v) is 4.82. The van der Waals surface area contributed by atoms with Gasteiger partial charge in [0.1, 0.15) is 6.04 Å². The summed E-state index contributed by atoms with van der Waals surface area (Å²) in [5, 5.41) is 3.49. The smallest absolute Gasteiger partial charge is 0.228 e. The van der Waals surface area contributed by atoms with Crippen LogP contribution in [0, 0.1) is 0 Å². The molecule has 0 aliphatic carbocycles. The van der Waals surface area contributed by atoms with Crippen LogP contribution in [0.5, 0.6) is 0 Å². The summed E-state index contributed by atoms with van der Waals surface area (Å²) in [6.07, 6.45) is 0. The fourth-order valence-corrected chi connectivity index (χ4v) is 2.16. The van der Waals surface area contributed by atoms with E-state index >= 15 is 0 Å². The van der Waals surface area contributed by atoms with Crippen molar-refractivity contribution in [2.45, 2.75) is 12.6 Å². The van der Waals surface area contributed by atoms with Crippen molar-refractivity contribution in [3.63, 3.8) is 0 Å². The molecule has 0 saturated heterocycles. The van der Waals surface area contributed by atoms with E-state index in [4.69, 9.17) is 11.3 Å². The molecule has 2 N–H and O–H groups in total. The second-order valence-electron chi connectivity index (χ2n) is 4.82. The molecular weight excluding hydrogens is 278 g/mol. The summed E-state index contributed by atoms with van der Waals surface area (Å²) in [5.41, 5.74) is 15.9. The van der Waals surface area contributed by atoms with Gasteiger partial charge in [0.05, 0.1) is 0 Å². The summed E-state index contributed by atoms with van der Waals surface area (Å²) in [7, 11) is 0. The Morgan fingerprint density at radius 3 is 2.27 bits per heavy atom. The van der Waals surface area contributed by atoms with Crippen LogP contribution in [0.4, 0.5) is 5.69 Å². The first kappa shape index (κ1) is 15.4. The number of hydrogen-bond donors (Lipinski definition) is 1. The largest absolute Gasteiger partial charge is 0.369 e. The Balaban J connectivity index is 2.25. The summed E-state index contributed by atoms with van der Waals surface area (Å²) < 4.78 is 0. The van der Waals surface area contributed by atoms with Crippen molar-refractivity contribution in [1.29, 1.82) is 0 Å². The van der Waals surface area contributed by atoms with Crippen LogP contribution in [0.1, 0.15) is 5.56 Å². The standard InChI is InChI=1S/C16H17N5O/c17-16(22)15(19-20-18)12-21(14-9-5-2-6-10-14)11-13-7-3-1-4-8-13/h1-10,15H,11-12H2,(H2,17,22)/t15-/m1/s1. The monoisotopic (exact) mass is 295 g/mol. The number of rotatable bonds is 7. The van der Waals surface area contributed by atoms with Crippen LogP contribution in [0.3, 0.4) is 0 Å². The third kappa shape index (κ3) is 4.26. The second kappa shape index (κ2) is 7.71. The fourth-order valence-electron chi connectivity index (χ4n) is 2.16. The Kier molecular flexibility index (Phi) is 5.40. The molecule has 0 aliphatic rings. The van der Waals surface area contributed by atoms with Gasteiger partial charge in [0.15, 0.2) is 0 Å². The van der Waals surface area contributed by atoms with Crippen LogP contribution in [0.25, 0.3) is 10.4 Å². The zero-order valence-corrected chi connectivity index (χ0v) is 12.0. The van der Waals surface area contributed by atoms with Crippen LogP contribution in [0.15, 0.2) is 65.8 Å². The van der Waals surface area contributed by atoms with Gasteiger partial charge in [0, 0.05) is 23.7 Å². The van der Waals surface area contributed by atoms with Crippen molar-refractivity contribution in [2.24, 2.45) is 10.8 Å². The lowest BCUT2D eigenvalue weighted by Gasteiger charge is -2.26. The number of nitrogens with zero attached hydrogens (tertiary/aromatic N) is 4. The van der Waals surface area contributed by atoms with E-state index in [2.05, 4.69) is 10.0 Å². The third-order valence-corrected chi connectivity index (χ3v) is 3.25. The van der Waals surface area contributed by atoms with Crippen molar-refractivity contribution < 1.29 is 4.79 Å². The van der Waals surface area contributed by atoms with E-state index in [0.29, 0.717) is 6.54 Å². The molecule has 2 aromatic carbocycles. The average Bonchev–Trinajstić information content (AvgIpc) is 2.55. The van der Waals surface area contributed by atoms with E-state index in [1.165, 1.54) is 0 Å². The van der Waals surface area contributed by atoms with Crippen LogP contribution in [-0.2, 0) is 11.3 Å². The van der Waals surface area contributed by atoms with Gasteiger partial charge in [-0.3, -0.25) is 4.79 Å². The van der Waals surface area contributed by atoms with Gasteiger partial charge in [-0.15, -0.1) is 0 Å². The van der Waals surface area contributed by atoms with E-state index in [0.717, 1.165) is 11.3 Å². The zero-order chi connectivity index (χ0) is 15.8. The maximum atomic E-state index is 11.4. The van der Waals surface area contributed by atoms with Crippen molar-refractivity contribution >= 4 is 11.6 Å². The molecule has 0 spiro atoms. The molecule has 112 valence electrons. The summed E-state index contributed by atoms with van der Waals surface area (Å²) in [6.45, 7) is 0.827. The number of primary amides is 1. The topological polar surface area (TPSA) is 95.1 Å². The normalized spacial score (nSPS) is 11.3. The Morgan fingerprint density at radius 2 is 1.73 bits per heavy atom. The number of anilines is 1. The highest BCUT2D eigenvalue weighted by molar-refractivity contribution is 5.80. The Bertz CT molecular complexity index is 651. The molecule has 1 atom stereocenters. The first-order valence-electron chi connectivity index (χ1n) is 6.88. The molecule has 6 nitrogen and oxygen atoms in total. The van der Waals surface area contributed by atoms with Crippen molar-refractivity contribution in [1.82, 2.24) is 0 Å². The molecule has 2 aromatic rings. The third-order valence-electron chi connectivity index (χ3n) is 3.25. The van der Waals surface area contributed by atoms with Crippen molar-refractivity contribution in [3.8, 4) is 0 Å². The molecule has 6 heteroatoms. The number of azide groups is 1. The van der Waals surface area contributed by atoms with Crippen LogP contribution in [0.2, 0.25) is 0 Å². The molecule has 0 radical (unpaired) electrons. The van der Waals surface area contributed by atoms with Gasteiger partial charge < -0.3 is 10.6 Å². The van der Waals surface area contributed by atoms with E-state index in [1.54, 1.807) is 0 Å². The van der Waals surface area contributed by atoms with Gasteiger partial charge in [-0.2, -0.15) is 0 Å². The first-order valence-corrected chi connectivity index (χ1v) is 6.88. The SMILES string of the molecule is [N-]=[N+]=N[C@H](CN(Cc1ccccc1)c1ccccc1)C(N)=O. The maximum absolute atomic E-state index is 11.4. The summed E-state index contributed by atoms with van der Waals surface area (Å²) >= 11 is 0. The number of benzene rings is 2. The van der Waals surface area contributed by atoms with Crippen LogP contribution >= 0.6 is 0 Å².